The van der Waals surface area contributed by atoms with Crippen molar-refractivity contribution < 1.29 is 9.59 Å². The van der Waals surface area contributed by atoms with Crippen molar-refractivity contribution in [2.75, 3.05) is 13.1 Å². The molecule has 1 aliphatic rings. The zero-order valence-electron chi connectivity index (χ0n) is 14.8. The summed E-state index contributed by atoms with van der Waals surface area (Å²) >= 11 is 0. The van der Waals surface area contributed by atoms with Gasteiger partial charge in [-0.1, -0.05) is 0 Å². The molecule has 2 amide bonds. The van der Waals surface area contributed by atoms with E-state index in [-0.39, 0.29) is 11.8 Å². The normalized spacial score (nSPS) is 13.5. The van der Waals surface area contributed by atoms with Gasteiger partial charge in [-0.3, -0.25) is 19.7 Å². The van der Waals surface area contributed by atoms with Crippen LogP contribution in [-0.4, -0.2) is 45.0 Å². The van der Waals surface area contributed by atoms with Gasteiger partial charge in [0.2, 0.25) is 5.91 Å². The van der Waals surface area contributed by atoms with Crippen LogP contribution in [0.2, 0.25) is 0 Å². The molecule has 1 aliphatic heterocycles. The molecule has 2 aromatic heterocycles. The number of hydrogen-bond donors (Lipinski definition) is 2. The summed E-state index contributed by atoms with van der Waals surface area (Å²) in [6, 6.07) is 0. The highest BCUT2D eigenvalue weighted by Gasteiger charge is 2.23. The molecule has 0 unspecified atom stereocenters. The van der Waals surface area contributed by atoms with Gasteiger partial charge >= 0.3 is 0 Å². The largest absolute Gasteiger partial charge is 0.352 e. The number of pyridine rings is 1. The summed E-state index contributed by atoms with van der Waals surface area (Å²) in [7, 11) is 0. The lowest BCUT2D eigenvalue weighted by atomic mass is 9.96. The van der Waals surface area contributed by atoms with Crippen LogP contribution in [-0.2, 0) is 24.2 Å². The van der Waals surface area contributed by atoms with Gasteiger partial charge < -0.3 is 10.2 Å². The summed E-state index contributed by atoms with van der Waals surface area (Å²) in [5.74, 6) is -0.0641. The molecule has 2 N–H and O–H groups in total. The maximum atomic E-state index is 12.6. The van der Waals surface area contributed by atoms with Crippen molar-refractivity contribution in [1.29, 1.82) is 0 Å². The van der Waals surface area contributed by atoms with Gasteiger partial charge in [0.1, 0.15) is 0 Å². The minimum atomic E-state index is -0.112. The molecular weight excluding hydrogens is 318 g/mol. The molecular formula is C18H23N5O2. The fourth-order valence-electron chi connectivity index (χ4n) is 3.30. The molecule has 25 heavy (non-hydrogen) atoms. The molecule has 0 atom stereocenters. The van der Waals surface area contributed by atoms with Crippen LogP contribution in [0.5, 0.6) is 0 Å². The van der Waals surface area contributed by atoms with Gasteiger partial charge in [-0.2, -0.15) is 5.10 Å². The predicted molar refractivity (Wildman–Crippen MR) is 93.1 cm³/mol. The topological polar surface area (TPSA) is 91.0 Å². The number of carbonyl (C=O) groups is 2. The number of H-pyrrole nitrogens is 1. The summed E-state index contributed by atoms with van der Waals surface area (Å²) in [5.41, 5.74) is 5.72. The summed E-state index contributed by atoms with van der Waals surface area (Å²) in [4.78, 5) is 30.1. The van der Waals surface area contributed by atoms with E-state index < -0.39 is 0 Å². The van der Waals surface area contributed by atoms with Crippen molar-refractivity contribution in [2.24, 2.45) is 0 Å². The third-order valence-electron chi connectivity index (χ3n) is 4.77. The first-order valence-corrected chi connectivity index (χ1v) is 8.47. The zero-order valence-corrected chi connectivity index (χ0v) is 14.8. The quantitative estimate of drug-likeness (QED) is 0.877. The Morgan fingerprint density at radius 3 is 2.80 bits per heavy atom. The molecule has 7 nitrogen and oxygen atoms in total. The standard InChI is InChI=1S/C18H23N5O2/c1-11-15(12(2)22-21-11)4-6-20-18(25)17-9-19-8-14-10-23(13(3)24)7-5-16(14)17/h8-9H,4-7,10H2,1-3H3,(H,20,25)(H,21,22). The summed E-state index contributed by atoms with van der Waals surface area (Å²) in [6.45, 7) is 7.21. The van der Waals surface area contributed by atoms with Crippen LogP contribution in [0.15, 0.2) is 12.4 Å². The van der Waals surface area contributed by atoms with E-state index in [4.69, 9.17) is 0 Å². The van der Waals surface area contributed by atoms with Gasteiger partial charge in [0, 0.05) is 44.6 Å². The summed E-state index contributed by atoms with van der Waals surface area (Å²) in [5, 5.41) is 10.1. The van der Waals surface area contributed by atoms with Crippen LogP contribution < -0.4 is 5.32 Å². The number of fused-ring (bicyclic) bond motifs is 1. The highest BCUT2D eigenvalue weighted by Crippen LogP contribution is 2.21. The van der Waals surface area contributed by atoms with Crippen molar-refractivity contribution in [1.82, 2.24) is 25.4 Å². The third-order valence-corrected chi connectivity index (χ3v) is 4.77. The fourth-order valence-corrected chi connectivity index (χ4v) is 3.30. The molecule has 0 saturated heterocycles. The highest BCUT2D eigenvalue weighted by atomic mass is 16.2. The SMILES string of the molecule is CC(=O)N1CCc2c(cncc2C(=O)NCCc2c(C)n[nH]c2C)C1. The Morgan fingerprint density at radius 2 is 2.12 bits per heavy atom. The lowest BCUT2D eigenvalue weighted by molar-refractivity contribution is -0.129. The van der Waals surface area contributed by atoms with Gasteiger partial charge in [0.15, 0.2) is 0 Å². The maximum absolute atomic E-state index is 12.6. The van der Waals surface area contributed by atoms with Crippen molar-refractivity contribution in [3.8, 4) is 0 Å². The minimum absolute atomic E-state index is 0.0476. The van der Waals surface area contributed by atoms with Gasteiger partial charge in [0.25, 0.3) is 5.91 Å². The maximum Gasteiger partial charge on any atom is 0.253 e. The minimum Gasteiger partial charge on any atom is -0.352 e. The molecule has 132 valence electrons. The average molecular weight is 341 g/mol. The summed E-state index contributed by atoms with van der Waals surface area (Å²) in [6.07, 6.45) is 4.78. The number of amides is 2. The number of nitrogens with zero attached hydrogens (tertiary/aromatic N) is 3. The molecule has 0 fully saturated rings. The van der Waals surface area contributed by atoms with E-state index in [0.717, 1.165) is 34.5 Å². The Bertz CT molecular complexity index is 792. The third kappa shape index (κ3) is 3.55. The van der Waals surface area contributed by atoms with E-state index in [9.17, 15) is 9.59 Å². The van der Waals surface area contributed by atoms with Gasteiger partial charge in [0.05, 0.1) is 11.3 Å². The average Bonchev–Trinajstić information content (AvgIpc) is 2.92. The Hall–Kier alpha value is -2.70. The van der Waals surface area contributed by atoms with Crippen molar-refractivity contribution >= 4 is 11.8 Å². The second-order valence-corrected chi connectivity index (χ2v) is 6.43. The number of aromatic amines is 1. The number of aryl methyl sites for hydroxylation is 2. The van der Waals surface area contributed by atoms with E-state index in [1.165, 1.54) is 0 Å². The summed E-state index contributed by atoms with van der Waals surface area (Å²) < 4.78 is 0. The Morgan fingerprint density at radius 1 is 1.32 bits per heavy atom. The van der Waals surface area contributed by atoms with E-state index in [1.807, 2.05) is 13.8 Å². The van der Waals surface area contributed by atoms with Crippen LogP contribution in [0.4, 0.5) is 0 Å². The lowest BCUT2D eigenvalue weighted by Crippen LogP contribution is -2.36. The smallest absolute Gasteiger partial charge is 0.253 e. The molecule has 2 aromatic rings. The second-order valence-electron chi connectivity index (χ2n) is 6.43. The van der Waals surface area contributed by atoms with Crippen LogP contribution >= 0.6 is 0 Å². The van der Waals surface area contributed by atoms with Crippen LogP contribution in [0, 0.1) is 13.8 Å². The first-order valence-electron chi connectivity index (χ1n) is 8.47. The molecule has 0 aromatic carbocycles. The van der Waals surface area contributed by atoms with Gasteiger partial charge in [-0.15, -0.1) is 0 Å². The second kappa shape index (κ2) is 7.04. The highest BCUT2D eigenvalue weighted by molar-refractivity contribution is 5.95. The van der Waals surface area contributed by atoms with Crippen molar-refractivity contribution in [3.05, 3.63) is 46.0 Å². The van der Waals surface area contributed by atoms with E-state index in [0.29, 0.717) is 31.6 Å². The molecule has 3 rings (SSSR count). The molecule has 3 heterocycles. The number of rotatable bonds is 4. The molecule has 0 bridgehead atoms. The van der Waals surface area contributed by atoms with Gasteiger partial charge in [-0.25, -0.2) is 0 Å². The first kappa shape index (κ1) is 17.1. The molecule has 0 aliphatic carbocycles. The monoisotopic (exact) mass is 341 g/mol. The van der Waals surface area contributed by atoms with E-state index >= 15 is 0 Å². The number of hydrogen-bond acceptors (Lipinski definition) is 4. The number of nitrogens with one attached hydrogen (secondary N) is 2. The Balaban J connectivity index is 1.67. The lowest BCUT2D eigenvalue weighted by Gasteiger charge is -2.28. The molecule has 0 saturated carbocycles. The van der Waals surface area contributed by atoms with Crippen molar-refractivity contribution in [2.45, 2.75) is 40.2 Å². The van der Waals surface area contributed by atoms with Crippen LogP contribution in [0.1, 0.15) is 45.4 Å². The zero-order chi connectivity index (χ0) is 18.0. The Kier molecular flexibility index (Phi) is 4.83. The van der Waals surface area contributed by atoms with Crippen LogP contribution in [0.3, 0.4) is 0 Å². The Labute approximate surface area is 146 Å². The van der Waals surface area contributed by atoms with Crippen LogP contribution in [0.25, 0.3) is 0 Å². The molecule has 0 spiro atoms. The fraction of sp³-hybridized carbons (Fsp3) is 0.444. The first-order chi connectivity index (χ1) is 12.0. The molecule has 7 heteroatoms. The predicted octanol–water partition coefficient (Wildman–Crippen LogP) is 1.30. The van der Waals surface area contributed by atoms with E-state index in [1.54, 1.807) is 24.2 Å². The van der Waals surface area contributed by atoms with Gasteiger partial charge in [-0.05, 0) is 43.4 Å². The molecule has 0 radical (unpaired) electrons. The van der Waals surface area contributed by atoms with Crippen molar-refractivity contribution in [3.63, 3.8) is 0 Å². The number of carbonyl (C=O) groups excluding carboxylic acids is 2. The number of aromatic nitrogens is 3. The van der Waals surface area contributed by atoms with E-state index in [2.05, 4.69) is 20.5 Å².